The molecule has 11 heavy (non-hydrogen) atoms. The van der Waals surface area contributed by atoms with E-state index in [0.29, 0.717) is 12.0 Å². The molecule has 0 fully saturated rings. The molecule has 0 radical (unpaired) electrons. The Bertz CT molecular complexity index is 148. The van der Waals surface area contributed by atoms with Crippen LogP contribution in [0.3, 0.4) is 0 Å². The Morgan fingerprint density at radius 3 is 2.36 bits per heavy atom. The number of hydrogen-bond donors (Lipinski definition) is 1. The highest BCUT2D eigenvalue weighted by atomic mass is 14.9. The predicted octanol–water partition coefficient (Wildman–Crippen LogP) is 1.83. The van der Waals surface area contributed by atoms with Crippen LogP contribution >= 0.6 is 0 Å². The average Bonchev–Trinajstić information content (AvgIpc) is 1.88. The molecule has 2 heteroatoms. The van der Waals surface area contributed by atoms with Crippen LogP contribution in [0.25, 0.3) is 0 Å². The van der Waals surface area contributed by atoms with Crippen LogP contribution in [0.5, 0.6) is 0 Å². The number of hydrogen-bond acceptors (Lipinski definition) is 2. The summed E-state index contributed by atoms with van der Waals surface area (Å²) in [5.41, 5.74) is 0.907. The number of nitrogens with one attached hydrogen (secondary N) is 1. The Kier molecular flexibility index (Phi) is 4.79. The summed E-state index contributed by atoms with van der Waals surface area (Å²) in [4.78, 5) is 4.14. The summed E-state index contributed by atoms with van der Waals surface area (Å²) >= 11 is 0. The van der Waals surface area contributed by atoms with Gasteiger partial charge in [-0.2, -0.15) is 0 Å². The van der Waals surface area contributed by atoms with Crippen LogP contribution in [0, 0.1) is 5.92 Å². The van der Waals surface area contributed by atoms with Crippen LogP contribution < -0.4 is 5.32 Å². The second-order valence-electron chi connectivity index (χ2n) is 2.89. The van der Waals surface area contributed by atoms with Crippen LogP contribution in [0.2, 0.25) is 0 Å². The third-order valence-corrected chi connectivity index (χ3v) is 1.63. The predicted molar refractivity (Wildman–Crippen MR) is 51.0 cm³/mol. The lowest BCUT2D eigenvalue weighted by atomic mass is 10.0. The van der Waals surface area contributed by atoms with Crippen LogP contribution in [0.4, 0.5) is 0 Å². The lowest BCUT2D eigenvalue weighted by Gasteiger charge is -2.19. The SMILES string of the molecule is C=C(/N=C\C)[C@@H](NC)C(C)C. The van der Waals surface area contributed by atoms with E-state index in [4.69, 9.17) is 0 Å². The molecular formula is C9H18N2. The topological polar surface area (TPSA) is 24.4 Å². The maximum absolute atomic E-state index is 4.14. The molecule has 2 nitrogen and oxygen atoms in total. The van der Waals surface area contributed by atoms with Crippen molar-refractivity contribution in [2.75, 3.05) is 7.05 Å². The maximum atomic E-state index is 4.14. The Labute approximate surface area is 69.4 Å². The molecule has 0 heterocycles. The first-order valence-electron chi connectivity index (χ1n) is 3.98. The zero-order valence-electron chi connectivity index (χ0n) is 7.89. The smallest absolute Gasteiger partial charge is 0.0509 e. The van der Waals surface area contributed by atoms with Gasteiger partial charge in [-0.05, 0) is 19.9 Å². The molecule has 0 aliphatic heterocycles. The quantitative estimate of drug-likeness (QED) is 0.614. The summed E-state index contributed by atoms with van der Waals surface area (Å²) in [6.07, 6.45) is 1.77. The lowest BCUT2D eigenvalue weighted by molar-refractivity contribution is 0.477. The van der Waals surface area contributed by atoms with Crippen LogP contribution in [0.15, 0.2) is 17.3 Å². The van der Waals surface area contributed by atoms with Crippen molar-refractivity contribution in [3.8, 4) is 0 Å². The van der Waals surface area contributed by atoms with Gasteiger partial charge in [0.25, 0.3) is 0 Å². The van der Waals surface area contributed by atoms with Crippen LogP contribution in [-0.4, -0.2) is 19.3 Å². The van der Waals surface area contributed by atoms with Crippen molar-refractivity contribution in [1.29, 1.82) is 0 Å². The van der Waals surface area contributed by atoms with Gasteiger partial charge in [-0.3, -0.25) is 4.99 Å². The Morgan fingerprint density at radius 1 is 1.55 bits per heavy atom. The summed E-state index contributed by atoms with van der Waals surface area (Å²) in [5, 5.41) is 3.17. The highest BCUT2D eigenvalue weighted by Crippen LogP contribution is 2.10. The highest BCUT2D eigenvalue weighted by Gasteiger charge is 2.12. The summed E-state index contributed by atoms with van der Waals surface area (Å²) in [7, 11) is 1.93. The van der Waals surface area contributed by atoms with E-state index in [1.165, 1.54) is 0 Å². The molecule has 1 N–H and O–H groups in total. The van der Waals surface area contributed by atoms with Gasteiger partial charge in [0.05, 0.1) is 6.04 Å². The number of aliphatic imine (C=N–C) groups is 1. The van der Waals surface area contributed by atoms with Crippen molar-refractivity contribution < 1.29 is 0 Å². The van der Waals surface area contributed by atoms with Gasteiger partial charge in [-0.25, -0.2) is 0 Å². The number of nitrogens with zero attached hydrogens (tertiary/aromatic N) is 1. The minimum atomic E-state index is 0.297. The molecule has 0 saturated carbocycles. The van der Waals surface area contributed by atoms with Crippen molar-refractivity contribution >= 4 is 6.21 Å². The van der Waals surface area contributed by atoms with Gasteiger partial charge in [0.15, 0.2) is 0 Å². The van der Waals surface area contributed by atoms with Gasteiger partial charge in [0.2, 0.25) is 0 Å². The van der Waals surface area contributed by atoms with Gasteiger partial charge >= 0.3 is 0 Å². The molecule has 64 valence electrons. The monoisotopic (exact) mass is 154 g/mol. The summed E-state index contributed by atoms with van der Waals surface area (Å²) in [6, 6.07) is 0.297. The fourth-order valence-corrected chi connectivity index (χ4v) is 1.13. The zero-order chi connectivity index (χ0) is 8.85. The van der Waals surface area contributed by atoms with Crippen molar-refractivity contribution in [3.05, 3.63) is 12.3 Å². The molecule has 0 spiro atoms. The van der Waals surface area contributed by atoms with E-state index < -0.39 is 0 Å². The lowest BCUT2D eigenvalue weighted by Crippen LogP contribution is -2.31. The van der Waals surface area contributed by atoms with E-state index in [0.717, 1.165) is 5.70 Å². The molecule has 0 saturated heterocycles. The van der Waals surface area contributed by atoms with Gasteiger partial charge in [0.1, 0.15) is 0 Å². The summed E-state index contributed by atoms with van der Waals surface area (Å²) in [6.45, 7) is 10.1. The summed E-state index contributed by atoms with van der Waals surface area (Å²) in [5.74, 6) is 0.538. The van der Waals surface area contributed by atoms with E-state index >= 15 is 0 Å². The van der Waals surface area contributed by atoms with E-state index in [1.807, 2.05) is 14.0 Å². The molecular weight excluding hydrogens is 136 g/mol. The second kappa shape index (κ2) is 5.08. The van der Waals surface area contributed by atoms with E-state index in [-0.39, 0.29) is 0 Å². The Balaban J connectivity index is 4.14. The average molecular weight is 154 g/mol. The minimum absolute atomic E-state index is 0.297. The van der Waals surface area contributed by atoms with Crippen molar-refractivity contribution in [1.82, 2.24) is 5.32 Å². The molecule has 0 aromatic heterocycles. The maximum Gasteiger partial charge on any atom is 0.0509 e. The van der Waals surface area contributed by atoms with E-state index in [1.54, 1.807) is 6.21 Å². The van der Waals surface area contributed by atoms with Gasteiger partial charge in [-0.1, -0.05) is 20.4 Å². The van der Waals surface area contributed by atoms with E-state index in [2.05, 4.69) is 30.7 Å². The second-order valence-corrected chi connectivity index (χ2v) is 2.89. The fraction of sp³-hybridized carbons (Fsp3) is 0.667. The van der Waals surface area contributed by atoms with E-state index in [9.17, 15) is 0 Å². The Hall–Kier alpha value is -0.630. The molecule has 1 atom stereocenters. The standard InChI is InChI=1S/C9H18N2/c1-6-11-8(4)9(10-5)7(2)3/h6-7,9-10H,4H2,1-3,5H3/b11-6-/t9-/m0/s1. The molecule has 0 aromatic carbocycles. The molecule has 0 aromatic rings. The molecule has 0 unspecified atom stereocenters. The molecule has 0 amide bonds. The normalized spacial score (nSPS) is 14.3. The van der Waals surface area contributed by atoms with Gasteiger partial charge < -0.3 is 5.32 Å². The number of rotatable bonds is 4. The largest absolute Gasteiger partial charge is 0.312 e. The van der Waals surface area contributed by atoms with Gasteiger partial charge in [-0.15, -0.1) is 0 Å². The first-order chi connectivity index (χ1) is 5.13. The number of likely N-dealkylation sites (N-methyl/N-ethyl adjacent to an activating group) is 1. The fourth-order valence-electron chi connectivity index (χ4n) is 1.13. The summed E-state index contributed by atoms with van der Waals surface area (Å²) < 4.78 is 0. The Morgan fingerprint density at radius 2 is 2.09 bits per heavy atom. The third kappa shape index (κ3) is 3.33. The molecule has 0 rings (SSSR count). The molecule has 0 aliphatic carbocycles. The molecule has 0 bridgehead atoms. The molecule has 0 aliphatic rings. The van der Waals surface area contributed by atoms with Crippen LogP contribution in [0.1, 0.15) is 20.8 Å². The van der Waals surface area contributed by atoms with Crippen LogP contribution in [-0.2, 0) is 0 Å². The minimum Gasteiger partial charge on any atom is -0.312 e. The van der Waals surface area contributed by atoms with Crippen molar-refractivity contribution in [2.24, 2.45) is 10.9 Å². The first kappa shape index (κ1) is 10.4. The zero-order valence-corrected chi connectivity index (χ0v) is 7.89. The van der Waals surface area contributed by atoms with Gasteiger partial charge in [0, 0.05) is 11.9 Å². The van der Waals surface area contributed by atoms with Crippen molar-refractivity contribution in [3.63, 3.8) is 0 Å². The third-order valence-electron chi connectivity index (χ3n) is 1.63. The van der Waals surface area contributed by atoms with Crippen molar-refractivity contribution in [2.45, 2.75) is 26.8 Å². The highest BCUT2D eigenvalue weighted by molar-refractivity contribution is 5.55. The first-order valence-corrected chi connectivity index (χ1v) is 3.98.